The highest BCUT2D eigenvalue weighted by molar-refractivity contribution is 9.10. The van der Waals surface area contributed by atoms with Gasteiger partial charge in [-0.05, 0) is 59.6 Å². The van der Waals surface area contributed by atoms with E-state index in [2.05, 4.69) is 99.1 Å². The molecule has 0 N–H and O–H groups in total. The smallest absolute Gasteiger partial charge is 0.0250 e. The molecular formula is C25H27Br. The maximum Gasteiger partial charge on any atom is 0.0250 e. The number of benzene rings is 2. The van der Waals surface area contributed by atoms with Crippen LogP contribution in [0.4, 0.5) is 0 Å². The molecule has 2 unspecified atom stereocenters. The molecule has 2 atom stereocenters. The predicted octanol–water partition coefficient (Wildman–Crippen LogP) is 7.84. The van der Waals surface area contributed by atoms with E-state index in [1.54, 1.807) is 0 Å². The van der Waals surface area contributed by atoms with Gasteiger partial charge >= 0.3 is 0 Å². The van der Waals surface area contributed by atoms with Gasteiger partial charge in [0.2, 0.25) is 0 Å². The molecule has 4 rings (SSSR count). The maximum absolute atomic E-state index is 3.73. The molecule has 1 heteroatoms. The van der Waals surface area contributed by atoms with Crippen LogP contribution in [0.5, 0.6) is 0 Å². The van der Waals surface area contributed by atoms with Gasteiger partial charge in [-0.1, -0.05) is 90.3 Å². The van der Waals surface area contributed by atoms with Gasteiger partial charge in [0.15, 0.2) is 0 Å². The van der Waals surface area contributed by atoms with Crippen LogP contribution in [-0.4, -0.2) is 0 Å². The maximum atomic E-state index is 3.73. The van der Waals surface area contributed by atoms with Gasteiger partial charge in [0.1, 0.15) is 0 Å². The molecule has 0 aromatic heterocycles. The van der Waals surface area contributed by atoms with E-state index in [-0.39, 0.29) is 5.41 Å². The first-order valence-electron chi connectivity index (χ1n) is 9.55. The summed E-state index contributed by atoms with van der Waals surface area (Å²) in [6.07, 6.45) is 5.97. The highest BCUT2D eigenvalue weighted by Gasteiger charge is 2.32. The van der Waals surface area contributed by atoms with E-state index in [1.165, 1.54) is 43.4 Å². The Kier molecular flexibility index (Phi) is 4.27. The second kappa shape index (κ2) is 6.23. The lowest BCUT2D eigenvalue weighted by atomic mass is 9.79. The van der Waals surface area contributed by atoms with Crippen LogP contribution in [0.2, 0.25) is 0 Å². The largest absolute Gasteiger partial charge is 0.0652 e. The van der Waals surface area contributed by atoms with E-state index in [0.29, 0.717) is 11.8 Å². The third kappa shape index (κ3) is 2.81. The molecule has 0 aliphatic heterocycles. The number of halogens is 1. The summed E-state index contributed by atoms with van der Waals surface area (Å²) in [5, 5.41) is 0. The fraction of sp³-hybridized carbons (Fsp3) is 0.360. The summed E-state index contributed by atoms with van der Waals surface area (Å²) < 4.78 is 1.21. The van der Waals surface area contributed by atoms with Crippen LogP contribution in [0, 0.1) is 0 Å². The molecule has 2 aliphatic rings. The predicted molar refractivity (Wildman–Crippen MR) is 117 cm³/mol. The lowest BCUT2D eigenvalue weighted by molar-refractivity contribution is 0.586. The Morgan fingerprint density at radius 2 is 1.35 bits per heavy atom. The Morgan fingerprint density at radius 3 is 1.96 bits per heavy atom. The van der Waals surface area contributed by atoms with Crippen LogP contribution in [-0.2, 0) is 5.41 Å². The van der Waals surface area contributed by atoms with E-state index in [4.69, 9.17) is 0 Å². The fourth-order valence-electron chi connectivity index (χ4n) is 4.72. The van der Waals surface area contributed by atoms with Crippen molar-refractivity contribution < 1.29 is 0 Å². The summed E-state index contributed by atoms with van der Waals surface area (Å²) in [5.41, 5.74) is 10.5. The van der Waals surface area contributed by atoms with Crippen molar-refractivity contribution in [2.75, 3.05) is 0 Å². The molecule has 0 fully saturated rings. The fourth-order valence-corrected chi connectivity index (χ4v) is 5.22. The standard InChI is InChI=1S/C25H27Br/c1-15-12-21-17(8-6-10-23(21)25(3,4)5)19(15)14-20-16(2)13-22-18(20)9-7-11-24(22)26/h6-13,19-20H,14H2,1-5H3. The summed E-state index contributed by atoms with van der Waals surface area (Å²) in [6, 6.07) is 13.5. The summed E-state index contributed by atoms with van der Waals surface area (Å²) in [7, 11) is 0. The second-order valence-electron chi connectivity index (χ2n) is 8.92. The van der Waals surface area contributed by atoms with Crippen molar-refractivity contribution in [1.82, 2.24) is 0 Å². The normalized spacial score (nSPS) is 21.3. The van der Waals surface area contributed by atoms with Gasteiger partial charge < -0.3 is 0 Å². The second-order valence-corrected chi connectivity index (χ2v) is 9.77. The molecule has 0 radical (unpaired) electrons. The molecule has 0 spiro atoms. The summed E-state index contributed by atoms with van der Waals surface area (Å²) in [5.74, 6) is 1.03. The van der Waals surface area contributed by atoms with Gasteiger partial charge in [0.05, 0.1) is 0 Å². The van der Waals surface area contributed by atoms with Crippen molar-refractivity contribution >= 4 is 28.1 Å². The lowest BCUT2D eigenvalue weighted by Crippen LogP contribution is -2.14. The molecule has 134 valence electrons. The molecular weight excluding hydrogens is 380 g/mol. The van der Waals surface area contributed by atoms with E-state index < -0.39 is 0 Å². The third-order valence-corrected chi connectivity index (χ3v) is 6.79. The average molecular weight is 407 g/mol. The van der Waals surface area contributed by atoms with Crippen LogP contribution >= 0.6 is 15.9 Å². The van der Waals surface area contributed by atoms with E-state index in [0.717, 1.165) is 6.42 Å². The third-order valence-electron chi connectivity index (χ3n) is 6.10. The number of rotatable bonds is 2. The molecule has 0 heterocycles. The van der Waals surface area contributed by atoms with Crippen molar-refractivity contribution in [3.8, 4) is 0 Å². The number of hydrogen-bond acceptors (Lipinski definition) is 0. The van der Waals surface area contributed by atoms with Crippen molar-refractivity contribution in [2.24, 2.45) is 0 Å². The van der Waals surface area contributed by atoms with E-state index in [1.807, 2.05) is 0 Å². The van der Waals surface area contributed by atoms with Crippen molar-refractivity contribution in [3.05, 3.63) is 79.8 Å². The van der Waals surface area contributed by atoms with Gasteiger partial charge in [-0.15, -0.1) is 0 Å². The molecule has 26 heavy (non-hydrogen) atoms. The lowest BCUT2D eigenvalue weighted by Gasteiger charge is -2.25. The van der Waals surface area contributed by atoms with Crippen LogP contribution < -0.4 is 0 Å². The van der Waals surface area contributed by atoms with Crippen LogP contribution in [0.25, 0.3) is 12.2 Å². The first kappa shape index (κ1) is 17.8. The first-order valence-corrected chi connectivity index (χ1v) is 10.3. The van der Waals surface area contributed by atoms with Gasteiger partial charge in [-0.2, -0.15) is 0 Å². The van der Waals surface area contributed by atoms with Crippen LogP contribution in [0.3, 0.4) is 0 Å². The number of fused-ring (bicyclic) bond motifs is 2. The highest BCUT2D eigenvalue weighted by atomic mass is 79.9. The first-order chi connectivity index (χ1) is 12.3. The highest BCUT2D eigenvalue weighted by Crippen LogP contribution is 2.49. The summed E-state index contributed by atoms with van der Waals surface area (Å²) in [6.45, 7) is 11.6. The van der Waals surface area contributed by atoms with Gasteiger partial charge in [0.25, 0.3) is 0 Å². The zero-order chi connectivity index (χ0) is 18.6. The van der Waals surface area contributed by atoms with Crippen LogP contribution in [0.15, 0.2) is 52.0 Å². The zero-order valence-electron chi connectivity index (χ0n) is 16.4. The van der Waals surface area contributed by atoms with Gasteiger partial charge in [0, 0.05) is 16.3 Å². The molecule has 0 bridgehead atoms. The van der Waals surface area contributed by atoms with Crippen molar-refractivity contribution in [2.45, 2.75) is 58.3 Å². The summed E-state index contributed by atoms with van der Waals surface area (Å²) >= 11 is 3.73. The Balaban J connectivity index is 1.72. The molecule has 0 saturated carbocycles. The van der Waals surface area contributed by atoms with Crippen molar-refractivity contribution in [3.63, 3.8) is 0 Å². The van der Waals surface area contributed by atoms with Crippen LogP contribution in [0.1, 0.15) is 80.7 Å². The van der Waals surface area contributed by atoms with E-state index >= 15 is 0 Å². The number of allylic oxidation sites excluding steroid dienone is 2. The minimum atomic E-state index is 0.178. The molecule has 2 aliphatic carbocycles. The zero-order valence-corrected chi connectivity index (χ0v) is 17.9. The molecule has 0 saturated heterocycles. The van der Waals surface area contributed by atoms with E-state index in [9.17, 15) is 0 Å². The Labute approximate surface area is 166 Å². The minimum absolute atomic E-state index is 0.178. The molecule has 2 aromatic carbocycles. The Bertz CT molecular complexity index is 937. The SMILES string of the molecule is CC1=Cc2c(Br)cccc2C1CC1C(C)=Cc2c1cccc2C(C)(C)C. The van der Waals surface area contributed by atoms with Gasteiger partial charge in [-0.3, -0.25) is 0 Å². The topological polar surface area (TPSA) is 0 Å². The molecule has 2 aromatic rings. The van der Waals surface area contributed by atoms with Crippen molar-refractivity contribution in [1.29, 1.82) is 0 Å². The number of hydrogen-bond donors (Lipinski definition) is 0. The molecule has 0 nitrogen and oxygen atoms in total. The minimum Gasteiger partial charge on any atom is -0.0652 e. The Hall–Kier alpha value is -1.60. The average Bonchev–Trinajstić information content (AvgIpc) is 3.05. The monoisotopic (exact) mass is 406 g/mol. The van der Waals surface area contributed by atoms with Gasteiger partial charge in [-0.25, -0.2) is 0 Å². The Morgan fingerprint density at radius 1 is 0.808 bits per heavy atom. The quantitative estimate of drug-likeness (QED) is 0.476. The summed E-state index contributed by atoms with van der Waals surface area (Å²) in [4.78, 5) is 0. The molecule has 0 amide bonds.